The lowest BCUT2D eigenvalue weighted by Crippen LogP contribution is -2.13. The van der Waals surface area contributed by atoms with Gasteiger partial charge < -0.3 is 13.7 Å². The molecular weight excluding hydrogens is 1160 g/mol. The number of para-hydroxylation sites is 3. The van der Waals surface area contributed by atoms with Gasteiger partial charge in [0.15, 0.2) is 11.6 Å². The molecule has 0 bridgehead atoms. The minimum atomic E-state index is 0.519. The summed E-state index contributed by atoms with van der Waals surface area (Å²) in [4.78, 5) is 29.1. The number of aryl methyl sites for hydroxylation is 2. The summed E-state index contributed by atoms with van der Waals surface area (Å²) in [7, 11) is 0. The van der Waals surface area contributed by atoms with Gasteiger partial charge >= 0.3 is 0 Å². The average molecular weight is 1220 g/mol. The van der Waals surface area contributed by atoms with Crippen LogP contribution in [-0.4, -0.2) is 38.6 Å². The van der Waals surface area contributed by atoms with E-state index in [1.165, 1.54) is 11.1 Å². The van der Waals surface area contributed by atoms with Gasteiger partial charge in [-0.1, -0.05) is 242 Å². The molecule has 8 nitrogen and oxygen atoms in total. The predicted octanol–water partition coefficient (Wildman–Crippen LogP) is 21.9. The van der Waals surface area contributed by atoms with Crippen LogP contribution in [0, 0.1) is 13.8 Å². The first-order valence-electron chi connectivity index (χ1n) is 32.2. The topological polar surface area (TPSA) is 79.2 Å². The molecule has 6 aromatic heterocycles. The van der Waals surface area contributed by atoms with E-state index in [9.17, 15) is 0 Å². The van der Waals surface area contributed by atoms with Gasteiger partial charge in [0.25, 0.3) is 0 Å². The first-order valence-corrected chi connectivity index (χ1v) is 32.2. The van der Waals surface area contributed by atoms with Crippen molar-refractivity contribution in [3.05, 3.63) is 327 Å². The molecule has 0 unspecified atom stereocenters. The molecule has 18 rings (SSSR count). The highest BCUT2D eigenvalue weighted by Gasteiger charge is 2.33. The second kappa shape index (κ2) is 22.6. The summed E-state index contributed by atoms with van der Waals surface area (Å²) in [5.41, 5.74) is 23.3. The van der Waals surface area contributed by atoms with Crippen LogP contribution >= 0.6 is 0 Å². The first-order chi connectivity index (χ1) is 46.9. The van der Waals surface area contributed by atoms with E-state index < -0.39 is 0 Å². The van der Waals surface area contributed by atoms with Crippen LogP contribution in [0.5, 0.6) is 0 Å². The third-order valence-electron chi connectivity index (χ3n) is 18.6. The van der Waals surface area contributed by atoms with E-state index in [0.29, 0.717) is 11.6 Å². The van der Waals surface area contributed by atoms with Crippen molar-refractivity contribution in [2.24, 2.45) is 0 Å². The van der Waals surface area contributed by atoms with Crippen molar-refractivity contribution in [3.63, 3.8) is 0 Å². The standard InChI is InChI=1S/C87H58N8/c1-55-43-46-78-66(49-55)63-35-18-21-40-75(63)93(78)81-54-82(94-76-41-22-19-36-64(76)67-50-56(2)44-47-79(67)94)84(87-91-73(60-31-14-6-15-32-60)53-74(92-87)61-33-16-7-17-34-61)85(83(81)86-89-71(58-27-10-4-11-28-58)52-72(90-86)59-29-12-5-13-30-59)95-77-42-23-20-37-65(77)68-51-62(45-48-80(68)95)70-39-24-38-69(88-70)57-25-8-3-9-26-57/h3-54H,1-2H3. The van der Waals surface area contributed by atoms with Gasteiger partial charge in [0, 0.05) is 65.7 Å². The van der Waals surface area contributed by atoms with E-state index in [2.05, 4.69) is 337 Å². The van der Waals surface area contributed by atoms with Crippen LogP contribution in [0.3, 0.4) is 0 Å². The molecule has 18 aromatic rings. The number of hydrogen-bond donors (Lipinski definition) is 0. The Kier molecular flexibility index (Phi) is 13.2. The molecule has 8 heteroatoms. The Bertz CT molecular complexity index is 5650. The van der Waals surface area contributed by atoms with Gasteiger partial charge in [-0.15, -0.1) is 0 Å². The number of aromatic nitrogens is 8. The highest BCUT2D eigenvalue weighted by atomic mass is 15.1. The van der Waals surface area contributed by atoms with Gasteiger partial charge in [0.05, 0.1) is 95.5 Å². The number of rotatable bonds is 11. The Morgan fingerprint density at radius 2 is 0.526 bits per heavy atom. The maximum Gasteiger partial charge on any atom is 0.164 e. The molecule has 0 aliphatic carbocycles. The molecule has 0 aliphatic heterocycles. The second-order valence-electron chi connectivity index (χ2n) is 24.5. The lowest BCUT2D eigenvalue weighted by atomic mass is 9.97. The van der Waals surface area contributed by atoms with E-state index in [-0.39, 0.29) is 0 Å². The van der Waals surface area contributed by atoms with Crippen LogP contribution in [0.4, 0.5) is 0 Å². The molecule has 0 atom stereocenters. The summed E-state index contributed by atoms with van der Waals surface area (Å²) in [6.45, 7) is 4.36. The number of pyridine rings is 1. The SMILES string of the molecule is Cc1ccc2c(c1)c1ccccc1n2-c1cc(-n2c3ccccc3c3cc(C)ccc32)c(-c2nc(-c3ccccc3)cc(-c3ccccc3)n2)c(-n2c3ccccc3c3cc(-c4cccc(-c5ccccc5)n4)ccc32)c1-c1nc(-c2ccccc2)cc(-c2ccccc2)n1. The smallest absolute Gasteiger partial charge is 0.164 e. The molecule has 12 aromatic carbocycles. The zero-order valence-electron chi connectivity index (χ0n) is 52.1. The second-order valence-corrected chi connectivity index (χ2v) is 24.5. The predicted molar refractivity (Wildman–Crippen MR) is 391 cm³/mol. The Balaban J connectivity index is 1.10. The van der Waals surface area contributed by atoms with Gasteiger partial charge in [0.1, 0.15) is 0 Å². The molecular formula is C87H58N8. The summed E-state index contributed by atoms with van der Waals surface area (Å²) < 4.78 is 7.39. The highest BCUT2D eigenvalue weighted by Crippen LogP contribution is 2.50. The van der Waals surface area contributed by atoms with Crippen molar-refractivity contribution in [3.8, 4) is 107 Å². The number of benzene rings is 12. The number of nitrogens with zero attached hydrogens (tertiary/aromatic N) is 8. The molecule has 0 saturated heterocycles. The summed E-state index contributed by atoms with van der Waals surface area (Å²) in [6, 6.07) is 112. The molecule has 95 heavy (non-hydrogen) atoms. The van der Waals surface area contributed by atoms with E-state index >= 15 is 0 Å². The van der Waals surface area contributed by atoms with Crippen molar-refractivity contribution < 1.29 is 0 Å². The van der Waals surface area contributed by atoms with Crippen molar-refractivity contribution in [1.29, 1.82) is 0 Å². The molecule has 446 valence electrons. The molecule has 0 fully saturated rings. The minimum Gasteiger partial charge on any atom is -0.308 e. The van der Waals surface area contributed by atoms with Gasteiger partial charge in [-0.05, 0) is 98.8 Å². The van der Waals surface area contributed by atoms with E-state index in [1.54, 1.807) is 0 Å². The Hall–Kier alpha value is -12.7. The Morgan fingerprint density at radius 3 is 0.937 bits per heavy atom. The number of fused-ring (bicyclic) bond motifs is 9. The number of hydrogen-bond acceptors (Lipinski definition) is 5. The summed E-state index contributed by atoms with van der Waals surface area (Å²) in [6.07, 6.45) is 0. The average Bonchev–Trinajstić information content (AvgIpc) is 1.58. The Morgan fingerprint density at radius 1 is 0.211 bits per heavy atom. The summed E-state index contributed by atoms with van der Waals surface area (Å²) in [5, 5.41) is 6.62. The third kappa shape index (κ3) is 9.41. The van der Waals surface area contributed by atoms with Crippen LogP contribution in [0.1, 0.15) is 11.1 Å². The van der Waals surface area contributed by atoms with Crippen LogP contribution in [0.25, 0.3) is 173 Å². The zero-order valence-corrected chi connectivity index (χ0v) is 52.1. The van der Waals surface area contributed by atoms with E-state index in [1.807, 2.05) is 6.07 Å². The quantitative estimate of drug-likeness (QED) is 0.129. The van der Waals surface area contributed by atoms with E-state index in [0.717, 1.165) is 161 Å². The fourth-order valence-corrected chi connectivity index (χ4v) is 14.2. The van der Waals surface area contributed by atoms with Gasteiger partial charge in [-0.25, -0.2) is 24.9 Å². The van der Waals surface area contributed by atoms with Crippen LogP contribution in [0.15, 0.2) is 315 Å². The Labute approximate surface area is 548 Å². The van der Waals surface area contributed by atoms with Crippen LogP contribution in [0.2, 0.25) is 0 Å². The van der Waals surface area contributed by atoms with Gasteiger partial charge in [0.2, 0.25) is 0 Å². The molecule has 0 radical (unpaired) electrons. The van der Waals surface area contributed by atoms with Crippen molar-refractivity contribution in [1.82, 2.24) is 38.6 Å². The molecule has 0 saturated carbocycles. The summed E-state index contributed by atoms with van der Waals surface area (Å²) >= 11 is 0. The molecule has 0 N–H and O–H groups in total. The van der Waals surface area contributed by atoms with E-state index in [4.69, 9.17) is 24.9 Å². The van der Waals surface area contributed by atoms with Crippen LogP contribution < -0.4 is 0 Å². The largest absolute Gasteiger partial charge is 0.308 e. The molecule has 0 amide bonds. The zero-order chi connectivity index (χ0) is 63.1. The maximum atomic E-state index is 5.94. The summed E-state index contributed by atoms with van der Waals surface area (Å²) in [5.74, 6) is 1.04. The highest BCUT2D eigenvalue weighted by molar-refractivity contribution is 6.15. The maximum absolute atomic E-state index is 5.94. The van der Waals surface area contributed by atoms with Crippen LogP contribution in [-0.2, 0) is 0 Å². The fraction of sp³-hybridized carbons (Fsp3) is 0.0230. The van der Waals surface area contributed by atoms with Crippen molar-refractivity contribution in [2.75, 3.05) is 0 Å². The molecule has 0 aliphatic rings. The van der Waals surface area contributed by atoms with Gasteiger partial charge in [-0.2, -0.15) is 0 Å². The first kappa shape index (κ1) is 55.2. The third-order valence-corrected chi connectivity index (χ3v) is 18.6. The molecule has 6 heterocycles. The monoisotopic (exact) mass is 1210 g/mol. The lowest BCUT2D eigenvalue weighted by Gasteiger charge is -2.26. The lowest BCUT2D eigenvalue weighted by molar-refractivity contribution is 1.07. The van der Waals surface area contributed by atoms with Gasteiger partial charge in [-0.3, -0.25) is 0 Å². The van der Waals surface area contributed by atoms with Crippen molar-refractivity contribution in [2.45, 2.75) is 13.8 Å². The van der Waals surface area contributed by atoms with Crippen molar-refractivity contribution >= 4 is 65.4 Å². The normalized spacial score (nSPS) is 11.7. The fourth-order valence-electron chi connectivity index (χ4n) is 14.2. The minimum absolute atomic E-state index is 0.519. The molecule has 0 spiro atoms.